The van der Waals surface area contributed by atoms with Crippen LogP contribution in [0.1, 0.15) is 16.1 Å². The van der Waals surface area contributed by atoms with Crippen LogP contribution in [0.15, 0.2) is 34.7 Å². The van der Waals surface area contributed by atoms with Crippen molar-refractivity contribution >= 4 is 29.0 Å². The molecular weight excluding hydrogens is 300 g/mol. The fourth-order valence-electron chi connectivity index (χ4n) is 1.93. The number of aryl methyl sites for hydroxylation is 2. The summed E-state index contributed by atoms with van der Waals surface area (Å²) in [6.07, 6.45) is 0.883. The van der Waals surface area contributed by atoms with Gasteiger partial charge in [-0.15, -0.1) is 23.1 Å². The molecule has 0 saturated heterocycles. The molecule has 0 N–H and O–H groups in total. The van der Waals surface area contributed by atoms with Crippen molar-refractivity contribution in [2.45, 2.75) is 25.2 Å². The Morgan fingerprint density at radius 2 is 2.10 bits per heavy atom. The van der Waals surface area contributed by atoms with Gasteiger partial charge in [0.05, 0.1) is 17.0 Å². The first-order chi connectivity index (χ1) is 10.1. The summed E-state index contributed by atoms with van der Waals surface area (Å²) in [6, 6.07) is 8.16. The van der Waals surface area contributed by atoms with Crippen LogP contribution in [0.25, 0.3) is 0 Å². The smallest absolute Gasteiger partial charge is 0.232 e. The SMILES string of the molecule is Cc1ccccc1SCC(=O)N(C)CCc1scnc1C. The maximum Gasteiger partial charge on any atom is 0.232 e. The second-order valence-corrected chi connectivity index (χ2v) is 6.94. The molecule has 1 aromatic heterocycles. The predicted molar refractivity (Wildman–Crippen MR) is 90.1 cm³/mol. The minimum absolute atomic E-state index is 0.172. The molecule has 2 aromatic rings. The van der Waals surface area contributed by atoms with Crippen molar-refractivity contribution in [3.63, 3.8) is 0 Å². The van der Waals surface area contributed by atoms with Crippen molar-refractivity contribution in [3.8, 4) is 0 Å². The van der Waals surface area contributed by atoms with Crippen LogP contribution >= 0.6 is 23.1 Å². The van der Waals surface area contributed by atoms with Crippen LogP contribution in [0.5, 0.6) is 0 Å². The van der Waals surface area contributed by atoms with Crippen LogP contribution in [0.4, 0.5) is 0 Å². The fraction of sp³-hybridized carbons (Fsp3) is 0.375. The largest absolute Gasteiger partial charge is 0.345 e. The summed E-state index contributed by atoms with van der Waals surface area (Å²) in [4.78, 5) is 20.7. The molecule has 0 radical (unpaired) electrons. The molecule has 1 heterocycles. The van der Waals surface area contributed by atoms with Gasteiger partial charge in [0.1, 0.15) is 0 Å². The van der Waals surface area contributed by atoms with Gasteiger partial charge in [-0.1, -0.05) is 18.2 Å². The van der Waals surface area contributed by atoms with Gasteiger partial charge in [-0.3, -0.25) is 4.79 Å². The average molecular weight is 320 g/mol. The van der Waals surface area contributed by atoms with Gasteiger partial charge in [-0.05, 0) is 25.5 Å². The number of benzene rings is 1. The van der Waals surface area contributed by atoms with Crippen molar-refractivity contribution in [2.24, 2.45) is 0 Å². The average Bonchev–Trinajstić information content (AvgIpc) is 2.89. The van der Waals surface area contributed by atoms with Crippen molar-refractivity contribution in [2.75, 3.05) is 19.3 Å². The van der Waals surface area contributed by atoms with Gasteiger partial charge in [0.2, 0.25) is 5.91 Å². The third-order valence-electron chi connectivity index (χ3n) is 3.39. The summed E-state index contributed by atoms with van der Waals surface area (Å²) in [6.45, 7) is 4.83. The Hall–Kier alpha value is -1.33. The first-order valence-electron chi connectivity index (χ1n) is 6.89. The number of likely N-dealkylation sites (N-methyl/N-ethyl adjacent to an activating group) is 1. The van der Waals surface area contributed by atoms with Crippen LogP contribution < -0.4 is 0 Å². The fourth-order valence-corrected chi connectivity index (χ4v) is 3.67. The molecule has 112 valence electrons. The molecule has 1 aromatic carbocycles. The van der Waals surface area contributed by atoms with Crippen molar-refractivity contribution < 1.29 is 4.79 Å². The first-order valence-corrected chi connectivity index (χ1v) is 8.76. The van der Waals surface area contributed by atoms with Crippen LogP contribution in [0.3, 0.4) is 0 Å². The van der Waals surface area contributed by atoms with E-state index in [1.807, 2.05) is 36.5 Å². The maximum atomic E-state index is 12.2. The molecule has 0 fully saturated rings. The number of hydrogen-bond donors (Lipinski definition) is 0. The number of carbonyl (C=O) groups is 1. The predicted octanol–water partition coefficient (Wildman–Crippen LogP) is 3.55. The Bertz CT molecular complexity index is 610. The molecule has 3 nitrogen and oxygen atoms in total. The van der Waals surface area contributed by atoms with Gasteiger partial charge in [-0.2, -0.15) is 0 Å². The standard InChI is InChI=1S/C16H20N2OS2/c1-12-6-4-5-7-14(12)20-10-16(19)18(3)9-8-15-13(2)17-11-21-15/h4-7,11H,8-10H2,1-3H3. The van der Waals surface area contributed by atoms with Crippen molar-refractivity contribution in [1.29, 1.82) is 0 Å². The number of amides is 1. The van der Waals surface area contributed by atoms with Crippen LogP contribution in [0, 0.1) is 13.8 Å². The van der Waals surface area contributed by atoms with E-state index in [0.29, 0.717) is 5.75 Å². The number of rotatable bonds is 6. The zero-order valence-electron chi connectivity index (χ0n) is 12.6. The number of carbonyl (C=O) groups excluding carboxylic acids is 1. The second kappa shape index (κ2) is 7.61. The number of aromatic nitrogens is 1. The normalized spacial score (nSPS) is 10.6. The van der Waals surface area contributed by atoms with Gasteiger partial charge in [0.15, 0.2) is 0 Å². The van der Waals surface area contributed by atoms with E-state index in [2.05, 4.69) is 24.0 Å². The lowest BCUT2D eigenvalue weighted by atomic mass is 10.2. The van der Waals surface area contributed by atoms with Crippen molar-refractivity contribution in [3.05, 3.63) is 45.9 Å². The van der Waals surface area contributed by atoms with E-state index < -0.39 is 0 Å². The monoisotopic (exact) mass is 320 g/mol. The van der Waals surface area contributed by atoms with Gasteiger partial charge >= 0.3 is 0 Å². The summed E-state index contributed by atoms with van der Waals surface area (Å²) < 4.78 is 0. The Morgan fingerprint density at radius 3 is 2.76 bits per heavy atom. The number of thioether (sulfide) groups is 1. The molecule has 0 aliphatic heterocycles. The Balaban J connectivity index is 1.80. The van der Waals surface area contributed by atoms with E-state index in [-0.39, 0.29) is 5.91 Å². The van der Waals surface area contributed by atoms with E-state index >= 15 is 0 Å². The summed E-state index contributed by atoms with van der Waals surface area (Å²) >= 11 is 3.27. The Morgan fingerprint density at radius 1 is 1.33 bits per heavy atom. The van der Waals surface area contributed by atoms with Gasteiger partial charge in [-0.25, -0.2) is 4.98 Å². The highest BCUT2D eigenvalue weighted by Gasteiger charge is 2.11. The van der Waals surface area contributed by atoms with E-state index in [9.17, 15) is 4.79 Å². The molecule has 0 bridgehead atoms. The van der Waals surface area contributed by atoms with E-state index in [1.165, 1.54) is 15.3 Å². The highest BCUT2D eigenvalue weighted by atomic mass is 32.2. The molecular formula is C16H20N2OS2. The zero-order valence-corrected chi connectivity index (χ0v) is 14.3. The number of nitrogens with zero attached hydrogens (tertiary/aromatic N) is 2. The minimum Gasteiger partial charge on any atom is -0.345 e. The summed E-state index contributed by atoms with van der Waals surface area (Å²) in [5.41, 5.74) is 4.16. The maximum absolute atomic E-state index is 12.2. The third-order valence-corrected chi connectivity index (χ3v) is 5.54. The van der Waals surface area contributed by atoms with Gasteiger partial charge in [0.25, 0.3) is 0 Å². The molecule has 1 amide bonds. The van der Waals surface area contributed by atoms with Gasteiger partial charge in [0, 0.05) is 29.8 Å². The lowest BCUT2D eigenvalue weighted by Crippen LogP contribution is -2.30. The number of hydrogen-bond acceptors (Lipinski definition) is 4. The summed E-state index contributed by atoms with van der Waals surface area (Å²) in [7, 11) is 1.87. The molecule has 0 atom stereocenters. The molecule has 0 aliphatic rings. The Labute approximate surface area is 134 Å². The molecule has 5 heteroatoms. The van der Waals surface area contributed by atoms with Crippen molar-refractivity contribution in [1.82, 2.24) is 9.88 Å². The highest BCUT2D eigenvalue weighted by molar-refractivity contribution is 8.00. The van der Waals surface area contributed by atoms with E-state index in [1.54, 1.807) is 23.1 Å². The van der Waals surface area contributed by atoms with E-state index in [0.717, 1.165) is 18.7 Å². The van der Waals surface area contributed by atoms with Crippen LogP contribution in [-0.2, 0) is 11.2 Å². The molecule has 21 heavy (non-hydrogen) atoms. The molecule has 2 rings (SSSR count). The van der Waals surface area contributed by atoms with Crippen LogP contribution in [-0.4, -0.2) is 35.1 Å². The van der Waals surface area contributed by atoms with Crippen LogP contribution in [0.2, 0.25) is 0 Å². The molecule has 0 spiro atoms. The van der Waals surface area contributed by atoms with Gasteiger partial charge < -0.3 is 4.90 Å². The first kappa shape index (κ1) is 16.0. The molecule has 0 aliphatic carbocycles. The highest BCUT2D eigenvalue weighted by Crippen LogP contribution is 2.22. The third kappa shape index (κ3) is 4.58. The lowest BCUT2D eigenvalue weighted by Gasteiger charge is -2.17. The number of thiazole rings is 1. The second-order valence-electron chi connectivity index (χ2n) is 4.98. The van der Waals surface area contributed by atoms with E-state index in [4.69, 9.17) is 0 Å². The molecule has 0 unspecified atom stereocenters. The summed E-state index contributed by atoms with van der Waals surface area (Å²) in [5, 5.41) is 0. The minimum atomic E-state index is 0.172. The zero-order chi connectivity index (χ0) is 15.2. The lowest BCUT2D eigenvalue weighted by molar-refractivity contribution is -0.127. The Kier molecular flexibility index (Phi) is 5.82. The quantitative estimate of drug-likeness (QED) is 0.763. The molecule has 0 saturated carbocycles. The topological polar surface area (TPSA) is 33.2 Å². The summed E-state index contributed by atoms with van der Waals surface area (Å²) in [5.74, 6) is 0.661.